The zero-order valence-electron chi connectivity index (χ0n) is 11.3. The van der Waals surface area contributed by atoms with Crippen LogP contribution in [-0.4, -0.2) is 9.91 Å². The van der Waals surface area contributed by atoms with Crippen LogP contribution in [0.15, 0.2) is 47.4 Å². The van der Waals surface area contributed by atoms with Gasteiger partial charge in [-0.15, -0.1) is 23.1 Å². The van der Waals surface area contributed by atoms with Crippen molar-refractivity contribution in [1.29, 1.82) is 0 Å². The first-order valence-corrected chi connectivity index (χ1v) is 8.16. The average Bonchev–Trinajstić information content (AvgIpc) is 2.87. The summed E-state index contributed by atoms with van der Waals surface area (Å²) in [4.78, 5) is 16.1. The Labute approximate surface area is 130 Å². The zero-order chi connectivity index (χ0) is 14.8. The number of thioether (sulfide) groups is 1. The van der Waals surface area contributed by atoms with Gasteiger partial charge in [-0.1, -0.05) is 12.1 Å². The number of rotatable bonds is 4. The van der Waals surface area contributed by atoms with Crippen molar-refractivity contribution in [2.24, 2.45) is 0 Å². The molecule has 0 N–H and O–H groups in total. The van der Waals surface area contributed by atoms with Gasteiger partial charge in [0.1, 0.15) is 5.01 Å². The Bertz CT molecular complexity index is 781. The molecule has 0 bridgehead atoms. The molecule has 0 amide bonds. The molecule has 0 unspecified atom stereocenters. The molecule has 0 saturated heterocycles. The lowest BCUT2D eigenvalue weighted by Crippen LogP contribution is -1.91. The van der Waals surface area contributed by atoms with Crippen LogP contribution in [0.2, 0.25) is 0 Å². The topological polar surface area (TPSA) is 56.0 Å². The smallest absolute Gasteiger partial charge is 0.258 e. The molecule has 2 aromatic carbocycles. The molecule has 0 aliphatic heterocycles. The Balaban J connectivity index is 1.75. The van der Waals surface area contributed by atoms with Crippen molar-refractivity contribution < 1.29 is 4.92 Å². The van der Waals surface area contributed by atoms with E-state index in [1.807, 2.05) is 24.3 Å². The van der Waals surface area contributed by atoms with Crippen molar-refractivity contribution in [3.8, 4) is 0 Å². The number of hydrogen-bond acceptors (Lipinski definition) is 5. The van der Waals surface area contributed by atoms with Gasteiger partial charge in [0.15, 0.2) is 0 Å². The van der Waals surface area contributed by atoms with Gasteiger partial charge in [-0.25, -0.2) is 4.98 Å². The van der Waals surface area contributed by atoms with Gasteiger partial charge in [-0.3, -0.25) is 10.1 Å². The Morgan fingerprint density at radius 1 is 1.29 bits per heavy atom. The molecule has 3 aromatic rings. The highest BCUT2D eigenvalue weighted by Crippen LogP contribution is 2.30. The number of thiazole rings is 1. The minimum Gasteiger partial charge on any atom is -0.258 e. The maximum atomic E-state index is 10.8. The van der Waals surface area contributed by atoms with Crippen molar-refractivity contribution >= 4 is 39.0 Å². The fraction of sp³-hybridized carbons (Fsp3) is 0.133. The van der Waals surface area contributed by atoms with Gasteiger partial charge in [0.25, 0.3) is 5.69 Å². The highest BCUT2D eigenvalue weighted by Gasteiger charge is 2.11. The first-order chi connectivity index (χ1) is 10.1. The molecule has 0 atom stereocenters. The number of nitrogens with zero attached hydrogens (tertiary/aromatic N) is 2. The lowest BCUT2D eigenvalue weighted by molar-refractivity contribution is -0.385. The van der Waals surface area contributed by atoms with E-state index in [2.05, 4.69) is 11.1 Å². The lowest BCUT2D eigenvalue weighted by atomic mass is 10.2. The molecular weight excluding hydrogens is 304 g/mol. The Hall–Kier alpha value is -1.92. The van der Waals surface area contributed by atoms with E-state index >= 15 is 0 Å². The molecule has 1 aromatic heterocycles. The predicted octanol–water partition coefficient (Wildman–Crippen LogP) is 4.81. The molecule has 0 saturated carbocycles. The minimum absolute atomic E-state index is 0.166. The second-order valence-electron chi connectivity index (χ2n) is 4.57. The number of nitro benzene ring substituents is 1. The maximum absolute atomic E-state index is 10.8. The first kappa shape index (κ1) is 14.0. The quantitative estimate of drug-likeness (QED) is 0.394. The highest BCUT2D eigenvalue weighted by atomic mass is 32.2. The monoisotopic (exact) mass is 316 g/mol. The van der Waals surface area contributed by atoms with Crippen LogP contribution in [0.5, 0.6) is 0 Å². The molecule has 4 nitrogen and oxygen atoms in total. The second-order valence-corrected chi connectivity index (χ2v) is 6.73. The van der Waals surface area contributed by atoms with Crippen LogP contribution in [0, 0.1) is 17.0 Å². The summed E-state index contributed by atoms with van der Waals surface area (Å²) in [5, 5.41) is 11.9. The van der Waals surface area contributed by atoms with Crippen LogP contribution in [0.3, 0.4) is 0 Å². The van der Waals surface area contributed by atoms with Crippen molar-refractivity contribution in [2.75, 3.05) is 0 Å². The van der Waals surface area contributed by atoms with Crippen LogP contribution in [0.4, 0.5) is 5.69 Å². The van der Waals surface area contributed by atoms with E-state index in [-0.39, 0.29) is 10.6 Å². The van der Waals surface area contributed by atoms with E-state index < -0.39 is 0 Å². The summed E-state index contributed by atoms with van der Waals surface area (Å²) < 4.78 is 1.19. The van der Waals surface area contributed by atoms with Gasteiger partial charge in [0.2, 0.25) is 0 Å². The Morgan fingerprint density at radius 2 is 2.10 bits per heavy atom. The fourth-order valence-corrected chi connectivity index (χ4v) is 4.00. The van der Waals surface area contributed by atoms with E-state index in [9.17, 15) is 10.1 Å². The van der Waals surface area contributed by atoms with E-state index in [1.54, 1.807) is 42.2 Å². The summed E-state index contributed by atoms with van der Waals surface area (Å²) in [6.07, 6.45) is 0. The Kier molecular flexibility index (Phi) is 3.90. The third-order valence-corrected chi connectivity index (χ3v) is 5.29. The third-order valence-electron chi connectivity index (χ3n) is 3.07. The van der Waals surface area contributed by atoms with Crippen LogP contribution in [0.1, 0.15) is 10.6 Å². The van der Waals surface area contributed by atoms with Gasteiger partial charge in [0, 0.05) is 16.5 Å². The number of fused-ring (bicyclic) bond motifs is 1. The standard InChI is InChI=1S/C15H12N2O2S2/c1-10-8-11(6-7-13(10)17(18)19)20-9-15-16-12-4-2-3-5-14(12)21-15/h2-8H,9H2,1H3. The first-order valence-electron chi connectivity index (χ1n) is 6.36. The molecule has 3 rings (SSSR count). The maximum Gasteiger partial charge on any atom is 0.272 e. The molecule has 0 spiro atoms. The lowest BCUT2D eigenvalue weighted by Gasteiger charge is -2.01. The van der Waals surface area contributed by atoms with E-state index in [0.717, 1.165) is 21.2 Å². The summed E-state index contributed by atoms with van der Waals surface area (Å²) >= 11 is 3.34. The van der Waals surface area contributed by atoms with Gasteiger partial charge < -0.3 is 0 Å². The largest absolute Gasteiger partial charge is 0.272 e. The van der Waals surface area contributed by atoms with Gasteiger partial charge in [-0.2, -0.15) is 0 Å². The predicted molar refractivity (Wildman–Crippen MR) is 87.0 cm³/mol. The van der Waals surface area contributed by atoms with Crippen molar-refractivity contribution in [3.05, 3.63) is 63.1 Å². The zero-order valence-corrected chi connectivity index (χ0v) is 12.9. The number of aryl methyl sites for hydroxylation is 1. The number of para-hydroxylation sites is 1. The second kappa shape index (κ2) is 5.83. The SMILES string of the molecule is Cc1cc(SCc2nc3ccccc3s2)ccc1[N+](=O)[O-]. The molecule has 106 valence electrons. The molecule has 6 heteroatoms. The molecule has 0 radical (unpaired) electrons. The number of benzene rings is 2. The number of nitro groups is 1. The molecule has 0 fully saturated rings. The van der Waals surface area contributed by atoms with E-state index in [0.29, 0.717) is 5.56 Å². The molecule has 21 heavy (non-hydrogen) atoms. The highest BCUT2D eigenvalue weighted by molar-refractivity contribution is 7.98. The minimum atomic E-state index is -0.350. The summed E-state index contributed by atoms with van der Waals surface area (Å²) in [7, 11) is 0. The average molecular weight is 316 g/mol. The number of hydrogen-bond donors (Lipinski definition) is 0. The third kappa shape index (κ3) is 3.06. The summed E-state index contributed by atoms with van der Waals surface area (Å²) in [5.41, 5.74) is 1.88. The number of aromatic nitrogens is 1. The van der Waals surface area contributed by atoms with Crippen LogP contribution in [0.25, 0.3) is 10.2 Å². The van der Waals surface area contributed by atoms with Crippen molar-refractivity contribution in [3.63, 3.8) is 0 Å². The summed E-state index contributed by atoms with van der Waals surface area (Å²) in [5.74, 6) is 0.774. The van der Waals surface area contributed by atoms with Gasteiger partial charge in [0.05, 0.1) is 20.9 Å². The van der Waals surface area contributed by atoms with Crippen LogP contribution in [-0.2, 0) is 5.75 Å². The van der Waals surface area contributed by atoms with E-state index in [1.165, 1.54) is 4.70 Å². The van der Waals surface area contributed by atoms with Crippen LogP contribution >= 0.6 is 23.1 Å². The fourth-order valence-electron chi connectivity index (χ4n) is 2.05. The van der Waals surface area contributed by atoms with Gasteiger partial charge >= 0.3 is 0 Å². The normalized spacial score (nSPS) is 10.9. The van der Waals surface area contributed by atoms with Crippen molar-refractivity contribution in [2.45, 2.75) is 17.6 Å². The van der Waals surface area contributed by atoms with Crippen LogP contribution < -0.4 is 0 Å². The molecule has 1 heterocycles. The molecule has 0 aliphatic rings. The summed E-state index contributed by atoms with van der Waals surface area (Å²) in [6.45, 7) is 1.76. The Morgan fingerprint density at radius 3 is 2.81 bits per heavy atom. The van der Waals surface area contributed by atoms with Crippen molar-refractivity contribution in [1.82, 2.24) is 4.98 Å². The molecule has 0 aliphatic carbocycles. The van der Waals surface area contributed by atoms with Gasteiger partial charge in [-0.05, 0) is 31.2 Å². The molecular formula is C15H12N2O2S2. The summed E-state index contributed by atoms with van der Waals surface area (Å²) in [6, 6.07) is 13.3. The van der Waals surface area contributed by atoms with E-state index in [4.69, 9.17) is 0 Å².